The molecule has 0 aromatic carbocycles. The number of carbonyl (C=O) groups is 8. The van der Waals surface area contributed by atoms with Gasteiger partial charge in [0.25, 0.3) is 0 Å². The van der Waals surface area contributed by atoms with E-state index in [2.05, 4.69) is 143 Å². The summed E-state index contributed by atoms with van der Waals surface area (Å²) in [6.07, 6.45) is 7.56. The molecule has 0 radical (unpaired) electrons. The van der Waals surface area contributed by atoms with Crippen LogP contribution in [0.4, 0.5) is 17.6 Å². The first-order valence-corrected chi connectivity index (χ1v) is 51.5. The van der Waals surface area contributed by atoms with Crippen LogP contribution < -0.4 is 54.9 Å². The van der Waals surface area contributed by atoms with Gasteiger partial charge in [-0.15, -0.1) is 6.42 Å². The summed E-state index contributed by atoms with van der Waals surface area (Å²) >= 11 is 0. The number of ether oxygens (including phenoxy) is 1. The van der Waals surface area contributed by atoms with Gasteiger partial charge in [0.15, 0.2) is 8.32 Å². The average Bonchev–Trinajstić information content (AvgIpc) is 0.797. The minimum atomic E-state index is -4.22. The summed E-state index contributed by atoms with van der Waals surface area (Å²) in [4.78, 5) is 95.0. The second kappa shape index (κ2) is 67.5. The zero-order chi connectivity index (χ0) is 88.1. The number of aliphatic hydroxyl groups excluding tert-OH is 1. The Labute approximate surface area is 726 Å². The van der Waals surface area contributed by atoms with Crippen LogP contribution in [0, 0.1) is 97.3 Å². The molecule has 114 heavy (non-hydrogen) atoms. The maximum Gasteiger partial charge on any atom is 2.00 e. The first kappa shape index (κ1) is 125. The van der Waals surface area contributed by atoms with Gasteiger partial charge in [0.05, 0.1) is 33.9 Å². The molecule has 9 N–H and O–H groups in total. The maximum atomic E-state index is 14.4. The molecule has 0 spiro atoms. The van der Waals surface area contributed by atoms with Crippen molar-refractivity contribution in [3.05, 3.63) is 13.0 Å². The van der Waals surface area contributed by atoms with E-state index in [1.807, 2.05) is 83.0 Å². The number of carbonyl (C=O) groups excluding carboxylic acids is 8. The number of aliphatic hydroxyl groups is 1. The number of hydrogen-bond acceptors (Lipinski definition) is 16. The van der Waals surface area contributed by atoms with Crippen molar-refractivity contribution in [2.45, 2.75) is 342 Å². The predicted octanol–water partition coefficient (Wildman–Crippen LogP) is 11.8. The molecule has 21 nitrogen and oxygen atoms in total. The molecule has 0 heterocycles. The van der Waals surface area contributed by atoms with Crippen LogP contribution in [-0.2, 0) is 51.3 Å². The van der Waals surface area contributed by atoms with Gasteiger partial charge in [-0.2, -0.15) is 24.0 Å². The molecule has 30 heteroatoms. The molecule has 0 aromatic rings. The Hall–Kier alpha value is -2.09. The van der Waals surface area contributed by atoms with Crippen LogP contribution in [0.3, 0.4) is 0 Å². The topological polar surface area (TPSA) is 281 Å². The molecule has 0 saturated heterocycles. The number of nitrogens with zero attached hydrogens (tertiary/aromatic N) is 1. The number of likely N-dealkylation sites (N-methyl/N-ethyl adjacent to an activating group) is 1. The third-order valence-corrected chi connectivity index (χ3v) is 26.0. The van der Waals surface area contributed by atoms with Gasteiger partial charge in [0.2, 0.25) is 23.6 Å². The normalized spacial score (nSPS) is 13.5. The number of rotatable bonds is 58. The van der Waals surface area contributed by atoms with Crippen molar-refractivity contribution in [3.63, 3.8) is 0 Å². The predicted molar refractivity (Wildman–Crippen MR) is 462 cm³/mol. The summed E-state index contributed by atoms with van der Waals surface area (Å²) in [6, 6.07) is 1.60. The van der Waals surface area contributed by atoms with Gasteiger partial charge in [-0.3, -0.25) is 33.6 Å². The first-order valence-electron chi connectivity index (χ1n) is 42.2. The number of Topliss-reactive ketones (excluding diaryl/α,β-unsaturated/α-hetero) is 4. The molecule has 0 bridgehead atoms. The van der Waals surface area contributed by atoms with Gasteiger partial charge in [-0.25, -0.2) is 0 Å². The summed E-state index contributed by atoms with van der Waals surface area (Å²) < 4.78 is 75.4. The van der Waals surface area contributed by atoms with Crippen LogP contribution in [0.25, 0.3) is 0 Å². The van der Waals surface area contributed by atoms with E-state index >= 15 is 0 Å². The Morgan fingerprint density at radius 2 is 0.816 bits per heavy atom. The van der Waals surface area contributed by atoms with Crippen LogP contribution >= 0.6 is 0 Å². The largest absolute Gasteiger partial charge is 2.00 e. The fourth-order valence-corrected chi connectivity index (χ4v) is 23.0. The fraction of sp³-hybridized carbons (Fsp3) is 0.881. The molecule has 4 amide bonds. The summed E-state index contributed by atoms with van der Waals surface area (Å²) in [5, 5.41) is 34.8. The second-order valence-corrected chi connectivity index (χ2v) is 48.8. The summed E-state index contributed by atoms with van der Waals surface area (Å²) in [5.41, 5.74) is 0. The van der Waals surface area contributed by atoms with E-state index in [-0.39, 0.29) is 139 Å². The number of ketones is 4. The Morgan fingerprint density at radius 3 is 1.12 bits per heavy atom. The van der Waals surface area contributed by atoms with E-state index in [1.54, 1.807) is 27.7 Å². The number of halogens is 5. The molecule has 0 saturated carbocycles. The van der Waals surface area contributed by atoms with Crippen molar-refractivity contribution < 1.29 is 122 Å². The van der Waals surface area contributed by atoms with Crippen LogP contribution in [0.5, 0.6) is 0 Å². The molecule has 5 atom stereocenters. The summed E-state index contributed by atoms with van der Waals surface area (Å²) in [7, 11) is 1.06. The van der Waals surface area contributed by atoms with E-state index in [9.17, 15) is 61.0 Å². The van der Waals surface area contributed by atoms with Crippen molar-refractivity contribution in [3.8, 4) is 0 Å². The van der Waals surface area contributed by atoms with E-state index in [0.717, 1.165) is 52.7 Å². The van der Waals surface area contributed by atoms with Gasteiger partial charge in [-0.1, -0.05) is 171 Å². The molecular weight excluding hydrogens is 1760 g/mol. The van der Waals surface area contributed by atoms with Gasteiger partial charge in [0, 0.05) is 159 Å². The van der Waals surface area contributed by atoms with E-state index < -0.39 is 67.5 Å². The fourth-order valence-electron chi connectivity index (χ4n) is 11.3. The van der Waals surface area contributed by atoms with Crippen molar-refractivity contribution in [2.24, 2.45) is 53.3 Å². The van der Waals surface area contributed by atoms with Crippen LogP contribution in [0.15, 0.2) is 0 Å². The van der Waals surface area contributed by atoms with E-state index in [1.165, 1.54) is 0 Å². The van der Waals surface area contributed by atoms with Crippen molar-refractivity contribution in [2.75, 3.05) is 86.7 Å². The quantitative estimate of drug-likeness (QED) is 0.00900. The minimum absolute atomic E-state index is 0. The number of amides is 4. The van der Waals surface area contributed by atoms with Crippen molar-refractivity contribution in [1.29, 1.82) is 0 Å². The molecule has 0 aliphatic carbocycles. The molecule has 0 aliphatic heterocycles. The summed E-state index contributed by atoms with van der Waals surface area (Å²) in [5.74, 6) is -9.61. The molecular formula is C84H172ClF4N9O12Si3U. The Morgan fingerprint density at radius 1 is 0.482 bits per heavy atom. The Balaban J connectivity index is -0.000000258. The van der Waals surface area contributed by atoms with E-state index in [4.69, 9.17) is 13.0 Å². The number of nitrogens with one attached hydrogen (secondary N) is 8. The first-order chi connectivity index (χ1) is 51.1. The average molecular weight is 1930 g/mol. The number of quaternary nitrogens is 1. The van der Waals surface area contributed by atoms with Crippen LogP contribution in [0.2, 0.25) is 45.8 Å². The standard InChI is InChI=1S/C25H46F4N2O3.C20H41N3O3.C17H34N2O2.C14H27N2O2.C8H23O2Si3.ClH.U/c1-16(2)21(32)13-20(9-10-23(33)31-12-11-30-19(7)8)15-34-22(17(3)4)14-24(26,27)25(28,29)18(5)6;1-15(2)19(25)13-17(12-18(24)14-23(5,6)7)8-9-20(26)22-11-10-21-16(3)4;1-6-7-15(12-16(20)13(2)3)8-9-17(21)19-11-10-18-14(4)5;1-11(2)13(17)7-5-6-8-14(18)16-10-9-15-12(3)4;1-11(2,3)9-13(7,8)10-12(4,5)6;;/h16-20,22,30H,9-15H2,1-8H3,(H,31,33);15-18,21,24H,8-14H2,1-7H3;13-15,18H,6-12H2,1-5H3,(H,19,21);5,11-12,15H,6-10H2,1-4H3,(H,16,18);1H2,2-8H3;1H;/q;;;2*-1;;+2. The molecule has 676 valence electrons. The van der Waals surface area contributed by atoms with Gasteiger partial charge >= 0.3 is 51.5 Å². The Kier molecular flexibility index (Phi) is 74.0. The molecule has 5 unspecified atom stereocenters. The molecule has 0 aromatic heterocycles. The van der Waals surface area contributed by atoms with Gasteiger partial charge in [0.1, 0.15) is 35.8 Å². The number of alkyl halides is 4. The number of unbranched alkanes of at least 4 members (excludes halogenated alkanes) is 1. The van der Waals surface area contributed by atoms with Crippen molar-refractivity contribution in [1.82, 2.24) is 42.5 Å². The monoisotopic (exact) mass is 1930 g/mol. The molecule has 0 aliphatic rings. The molecule has 0 rings (SSSR count). The zero-order valence-electron chi connectivity index (χ0n) is 77.6. The third kappa shape index (κ3) is 78.5. The van der Waals surface area contributed by atoms with E-state index in [0.29, 0.717) is 144 Å². The minimum Gasteiger partial charge on any atom is -1.00 e. The number of hydrogen-bond donors (Lipinski definition) is 9. The molecule has 0 fully saturated rings. The van der Waals surface area contributed by atoms with Gasteiger partial charge < -0.3 is 95.3 Å². The van der Waals surface area contributed by atoms with Crippen LogP contribution in [0.1, 0.15) is 248 Å². The second-order valence-electron chi connectivity index (χ2n) is 36.6. The SMILES string of the molecule is CC(C)NCCNC(=O)CCC(CC(=O)C(C)C)CC(O)C[N+](C)(C)C.CC(C)NCCNC(=O)CCC(COC(CC(F)(F)C(F)(F)C(C)C)C(C)C)CC(=O)C(C)C.CC(C)NCCNC(=O)CC[CH-]CC(=O)C(C)C.CCCC(CCC(=O)NCCNC(C)C)CC(=O)C(C)C.[CH2-][Si](C)(C)O[Si](C)(C)O[Si](C)(C)C.[Cl-].[U+2]. The maximum absolute atomic E-state index is 14.4. The van der Waals surface area contributed by atoms with Crippen molar-refractivity contribution >= 4 is 72.0 Å². The zero-order valence-corrected chi connectivity index (χ0v) is 85.5. The summed E-state index contributed by atoms with van der Waals surface area (Å²) in [6.45, 7) is 64.1. The smallest absolute Gasteiger partial charge is 1.00 e. The van der Waals surface area contributed by atoms with Crippen LogP contribution in [-0.4, -0.2) is 216 Å². The third-order valence-electron chi connectivity index (χ3n) is 17.4. The van der Waals surface area contributed by atoms with Gasteiger partial charge in [-0.05, 0) is 88.5 Å². The Bertz CT molecular complexity index is 2510.